The van der Waals surface area contributed by atoms with Crippen LogP contribution in [0.15, 0.2) is 0 Å². The average molecular weight is 257 g/mol. The van der Waals surface area contributed by atoms with Crippen molar-refractivity contribution in [2.75, 3.05) is 0 Å². The van der Waals surface area contributed by atoms with Crippen molar-refractivity contribution in [3.05, 3.63) is 0 Å². The Bertz CT molecular complexity index is 253. The highest BCUT2D eigenvalue weighted by atomic mass is 16.5. The summed E-state index contributed by atoms with van der Waals surface area (Å²) in [7, 11) is 0. The van der Waals surface area contributed by atoms with Crippen LogP contribution < -0.4 is 5.73 Å². The molecule has 0 saturated carbocycles. The van der Waals surface area contributed by atoms with E-state index in [1.54, 1.807) is 0 Å². The lowest BCUT2D eigenvalue weighted by Crippen LogP contribution is -2.42. The van der Waals surface area contributed by atoms with Gasteiger partial charge in [-0.3, -0.25) is 4.79 Å². The number of carbonyl (C=O) groups is 1. The van der Waals surface area contributed by atoms with Gasteiger partial charge in [-0.15, -0.1) is 0 Å². The Morgan fingerprint density at radius 1 is 1.28 bits per heavy atom. The standard InChI is InChI=1S/C15H31NO2/c1-7-9-10-15(6,8-2)12(5)18-14(17)13(16)11(3)4/h11-13H,7-10,16H2,1-6H3. The summed E-state index contributed by atoms with van der Waals surface area (Å²) >= 11 is 0. The molecule has 0 aliphatic carbocycles. The second kappa shape index (κ2) is 7.78. The Morgan fingerprint density at radius 2 is 1.83 bits per heavy atom. The normalized spacial score (nSPS) is 18.2. The van der Waals surface area contributed by atoms with Crippen molar-refractivity contribution >= 4 is 5.97 Å². The zero-order chi connectivity index (χ0) is 14.3. The summed E-state index contributed by atoms with van der Waals surface area (Å²) in [6.07, 6.45) is 4.36. The summed E-state index contributed by atoms with van der Waals surface area (Å²) in [5.41, 5.74) is 5.88. The van der Waals surface area contributed by atoms with Gasteiger partial charge in [0.15, 0.2) is 0 Å². The highest BCUT2D eigenvalue weighted by molar-refractivity contribution is 5.75. The molecule has 0 fully saturated rings. The number of rotatable bonds is 8. The Balaban J connectivity index is 4.52. The van der Waals surface area contributed by atoms with Crippen molar-refractivity contribution in [2.45, 2.75) is 79.4 Å². The first-order valence-electron chi connectivity index (χ1n) is 7.24. The molecule has 18 heavy (non-hydrogen) atoms. The van der Waals surface area contributed by atoms with Gasteiger partial charge in [0.2, 0.25) is 0 Å². The lowest BCUT2D eigenvalue weighted by atomic mass is 9.78. The van der Waals surface area contributed by atoms with Crippen molar-refractivity contribution < 1.29 is 9.53 Å². The van der Waals surface area contributed by atoms with Crippen LogP contribution in [-0.2, 0) is 9.53 Å². The fraction of sp³-hybridized carbons (Fsp3) is 0.933. The summed E-state index contributed by atoms with van der Waals surface area (Å²) in [6.45, 7) is 12.4. The maximum Gasteiger partial charge on any atom is 0.323 e. The van der Waals surface area contributed by atoms with Crippen LogP contribution in [0.3, 0.4) is 0 Å². The topological polar surface area (TPSA) is 52.3 Å². The quantitative estimate of drug-likeness (QED) is 0.677. The van der Waals surface area contributed by atoms with Gasteiger partial charge >= 0.3 is 5.97 Å². The molecule has 0 aliphatic heterocycles. The molecule has 3 heteroatoms. The predicted octanol–water partition coefficient (Wildman–Crippen LogP) is 3.51. The van der Waals surface area contributed by atoms with E-state index in [2.05, 4.69) is 20.8 Å². The Hall–Kier alpha value is -0.570. The highest BCUT2D eigenvalue weighted by Gasteiger charge is 2.33. The largest absolute Gasteiger partial charge is 0.461 e. The minimum Gasteiger partial charge on any atom is -0.461 e. The monoisotopic (exact) mass is 257 g/mol. The summed E-state index contributed by atoms with van der Waals surface area (Å²) in [5.74, 6) is -0.151. The van der Waals surface area contributed by atoms with Crippen LogP contribution in [0.2, 0.25) is 0 Å². The Labute approximate surface area is 112 Å². The van der Waals surface area contributed by atoms with E-state index in [4.69, 9.17) is 10.5 Å². The van der Waals surface area contributed by atoms with E-state index in [1.165, 1.54) is 12.8 Å². The highest BCUT2D eigenvalue weighted by Crippen LogP contribution is 2.34. The molecule has 0 aliphatic rings. The van der Waals surface area contributed by atoms with Gasteiger partial charge in [-0.25, -0.2) is 0 Å². The molecule has 3 unspecified atom stereocenters. The lowest BCUT2D eigenvalue weighted by Gasteiger charge is -2.35. The van der Waals surface area contributed by atoms with Gasteiger partial charge in [0, 0.05) is 5.41 Å². The van der Waals surface area contributed by atoms with E-state index in [9.17, 15) is 4.79 Å². The predicted molar refractivity (Wildman–Crippen MR) is 76.3 cm³/mol. The molecular weight excluding hydrogens is 226 g/mol. The number of esters is 1. The minimum absolute atomic E-state index is 0.0579. The van der Waals surface area contributed by atoms with Crippen molar-refractivity contribution in [3.8, 4) is 0 Å². The Kier molecular flexibility index (Phi) is 7.53. The smallest absolute Gasteiger partial charge is 0.323 e. The van der Waals surface area contributed by atoms with Crippen LogP contribution in [0.1, 0.15) is 67.2 Å². The maximum absolute atomic E-state index is 11.9. The number of unbranched alkanes of at least 4 members (excludes halogenated alkanes) is 1. The molecule has 0 aromatic heterocycles. The van der Waals surface area contributed by atoms with Gasteiger partial charge in [-0.1, -0.05) is 47.5 Å². The van der Waals surface area contributed by atoms with Crippen LogP contribution >= 0.6 is 0 Å². The second-order valence-corrected chi connectivity index (χ2v) is 5.96. The molecule has 0 amide bonds. The molecule has 0 spiro atoms. The molecule has 3 atom stereocenters. The van der Waals surface area contributed by atoms with Gasteiger partial charge in [0.25, 0.3) is 0 Å². The molecule has 108 valence electrons. The molecule has 0 aromatic carbocycles. The maximum atomic E-state index is 11.9. The molecule has 0 saturated heterocycles. The first-order valence-corrected chi connectivity index (χ1v) is 7.24. The molecule has 0 radical (unpaired) electrons. The molecule has 0 aromatic rings. The van der Waals surface area contributed by atoms with Crippen molar-refractivity contribution in [1.29, 1.82) is 0 Å². The molecule has 0 heterocycles. The van der Waals surface area contributed by atoms with Gasteiger partial charge in [-0.2, -0.15) is 0 Å². The lowest BCUT2D eigenvalue weighted by molar-refractivity contribution is -0.157. The zero-order valence-electron chi connectivity index (χ0n) is 13.0. The fourth-order valence-corrected chi connectivity index (χ4v) is 1.92. The first-order chi connectivity index (χ1) is 8.28. The van der Waals surface area contributed by atoms with E-state index < -0.39 is 6.04 Å². The van der Waals surface area contributed by atoms with Crippen LogP contribution in [0.25, 0.3) is 0 Å². The van der Waals surface area contributed by atoms with E-state index in [0.29, 0.717) is 0 Å². The molecule has 3 nitrogen and oxygen atoms in total. The third-order valence-electron chi connectivity index (χ3n) is 4.17. The van der Waals surface area contributed by atoms with E-state index in [0.717, 1.165) is 12.8 Å². The fourth-order valence-electron chi connectivity index (χ4n) is 1.92. The van der Waals surface area contributed by atoms with Gasteiger partial charge in [-0.05, 0) is 25.7 Å². The van der Waals surface area contributed by atoms with Crippen molar-refractivity contribution in [3.63, 3.8) is 0 Å². The Morgan fingerprint density at radius 3 is 2.22 bits per heavy atom. The van der Waals surface area contributed by atoms with Crippen LogP contribution in [0.5, 0.6) is 0 Å². The van der Waals surface area contributed by atoms with Crippen LogP contribution in [0, 0.1) is 11.3 Å². The van der Waals surface area contributed by atoms with Crippen molar-refractivity contribution in [2.24, 2.45) is 17.1 Å². The van der Waals surface area contributed by atoms with Gasteiger partial charge in [0.1, 0.15) is 12.1 Å². The van der Waals surface area contributed by atoms with Gasteiger partial charge in [0.05, 0.1) is 0 Å². The average Bonchev–Trinajstić information content (AvgIpc) is 2.34. The zero-order valence-corrected chi connectivity index (χ0v) is 13.0. The first kappa shape index (κ1) is 17.4. The number of nitrogens with two attached hydrogens (primary N) is 1. The summed E-state index contributed by atoms with van der Waals surface area (Å²) in [5, 5.41) is 0. The number of ether oxygens (including phenoxy) is 1. The van der Waals surface area contributed by atoms with Crippen LogP contribution in [-0.4, -0.2) is 18.1 Å². The molecular formula is C15H31NO2. The SMILES string of the molecule is CCCCC(C)(CC)C(C)OC(=O)C(N)C(C)C. The van der Waals surface area contributed by atoms with E-state index in [1.807, 2.05) is 20.8 Å². The minimum atomic E-state index is -0.514. The third-order valence-corrected chi connectivity index (χ3v) is 4.17. The van der Waals surface area contributed by atoms with E-state index in [-0.39, 0.29) is 23.4 Å². The summed E-state index contributed by atoms with van der Waals surface area (Å²) in [6, 6.07) is -0.514. The molecule has 0 bridgehead atoms. The number of hydrogen-bond donors (Lipinski definition) is 1. The number of hydrogen-bond acceptors (Lipinski definition) is 3. The third kappa shape index (κ3) is 4.97. The number of carbonyl (C=O) groups excluding carboxylic acids is 1. The molecule has 2 N–H and O–H groups in total. The van der Waals surface area contributed by atoms with Gasteiger partial charge < -0.3 is 10.5 Å². The molecule has 0 rings (SSSR count). The van der Waals surface area contributed by atoms with E-state index >= 15 is 0 Å². The summed E-state index contributed by atoms with van der Waals surface area (Å²) in [4.78, 5) is 11.9. The van der Waals surface area contributed by atoms with Crippen molar-refractivity contribution in [1.82, 2.24) is 0 Å². The summed E-state index contributed by atoms with van der Waals surface area (Å²) < 4.78 is 5.56. The van der Waals surface area contributed by atoms with Crippen LogP contribution in [0.4, 0.5) is 0 Å². The second-order valence-electron chi connectivity index (χ2n) is 5.96.